The van der Waals surface area contributed by atoms with Crippen molar-refractivity contribution < 1.29 is 24.5 Å². The summed E-state index contributed by atoms with van der Waals surface area (Å²) in [5.74, 6) is -0.469. The van der Waals surface area contributed by atoms with E-state index in [0.717, 1.165) is 0 Å². The molecule has 2 N–H and O–H groups in total. The van der Waals surface area contributed by atoms with E-state index in [4.69, 9.17) is 9.47 Å². The van der Waals surface area contributed by atoms with Gasteiger partial charge < -0.3 is 19.7 Å². The molecule has 0 saturated carbocycles. The lowest BCUT2D eigenvalue weighted by atomic mass is 9.60. The van der Waals surface area contributed by atoms with Crippen LogP contribution in [0.4, 0.5) is 0 Å². The van der Waals surface area contributed by atoms with E-state index < -0.39 is 23.1 Å². The van der Waals surface area contributed by atoms with Crippen LogP contribution in [0.5, 0.6) is 0 Å². The van der Waals surface area contributed by atoms with Gasteiger partial charge in [0.25, 0.3) is 0 Å². The number of hydrogen-bond donors (Lipinski definition) is 2. The molecule has 2 aliphatic rings. The van der Waals surface area contributed by atoms with Gasteiger partial charge in [-0.05, 0) is 18.9 Å². The summed E-state index contributed by atoms with van der Waals surface area (Å²) in [6.45, 7) is 3.50. The van der Waals surface area contributed by atoms with Crippen molar-refractivity contribution >= 4 is 5.97 Å². The molecule has 1 aliphatic heterocycles. The number of carbonyl (C=O) groups is 1. The molecular formula is C13H18O5. The molecule has 0 amide bonds. The van der Waals surface area contributed by atoms with Crippen molar-refractivity contribution in [1.82, 2.24) is 0 Å². The molecule has 0 bridgehead atoms. The van der Waals surface area contributed by atoms with Gasteiger partial charge in [-0.25, -0.2) is 4.79 Å². The first-order valence-corrected chi connectivity index (χ1v) is 5.84. The van der Waals surface area contributed by atoms with Crippen molar-refractivity contribution in [2.24, 2.45) is 10.8 Å². The number of aliphatic hydroxyl groups excluding tert-OH is 2. The van der Waals surface area contributed by atoms with E-state index >= 15 is 0 Å². The van der Waals surface area contributed by atoms with Crippen molar-refractivity contribution in [2.75, 3.05) is 13.7 Å². The topological polar surface area (TPSA) is 76.0 Å². The van der Waals surface area contributed by atoms with Crippen LogP contribution < -0.4 is 0 Å². The van der Waals surface area contributed by atoms with E-state index in [1.165, 1.54) is 13.4 Å². The van der Waals surface area contributed by atoms with Crippen molar-refractivity contribution in [2.45, 2.75) is 26.6 Å². The zero-order valence-electron chi connectivity index (χ0n) is 10.8. The predicted octanol–water partition coefficient (Wildman–Crippen LogP) is 0.727. The Kier molecular flexibility index (Phi) is 2.99. The molecule has 5 heteroatoms. The summed E-state index contributed by atoms with van der Waals surface area (Å²) < 4.78 is 9.93. The molecule has 0 fully saturated rings. The fraction of sp³-hybridized carbons (Fsp3) is 0.615. The van der Waals surface area contributed by atoms with E-state index in [-0.39, 0.29) is 6.61 Å². The third kappa shape index (κ3) is 1.37. The fourth-order valence-electron chi connectivity index (χ4n) is 2.94. The Balaban J connectivity index is 2.52. The number of allylic oxidation sites excluding steroid dienone is 1. The Bertz CT molecular complexity index is 439. The molecule has 1 aliphatic carbocycles. The molecule has 1 heterocycles. The largest absolute Gasteiger partial charge is 0.471 e. The number of ether oxygens (including phenoxy) is 2. The molecule has 3 atom stereocenters. The van der Waals surface area contributed by atoms with Gasteiger partial charge in [-0.1, -0.05) is 13.0 Å². The van der Waals surface area contributed by atoms with Gasteiger partial charge in [-0.3, -0.25) is 0 Å². The smallest absolute Gasteiger partial charge is 0.337 e. The van der Waals surface area contributed by atoms with Crippen LogP contribution in [-0.4, -0.2) is 36.2 Å². The molecule has 0 saturated heterocycles. The van der Waals surface area contributed by atoms with E-state index in [1.54, 1.807) is 6.92 Å². The van der Waals surface area contributed by atoms with Crippen LogP contribution in [0.25, 0.3) is 0 Å². The minimum Gasteiger partial charge on any atom is -0.471 e. The van der Waals surface area contributed by atoms with Gasteiger partial charge in [0.2, 0.25) is 6.29 Å². The van der Waals surface area contributed by atoms with Gasteiger partial charge >= 0.3 is 5.97 Å². The lowest BCUT2D eigenvalue weighted by Gasteiger charge is -2.48. The molecule has 2 rings (SSSR count). The highest BCUT2D eigenvalue weighted by Gasteiger charge is 2.60. The van der Waals surface area contributed by atoms with Crippen LogP contribution in [0.3, 0.4) is 0 Å². The Labute approximate surface area is 106 Å². The zero-order chi connectivity index (χ0) is 13.6. The van der Waals surface area contributed by atoms with Crippen LogP contribution in [0.2, 0.25) is 0 Å². The zero-order valence-corrected chi connectivity index (χ0v) is 10.8. The molecule has 0 unspecified atom stereocenters. The highest BCUT2D eigenvalue weighted by Crippen LogP contribution is 2.60. The van der Waals surface area contributed by atoms with Crippen LogP contribution in [0, 0.1) is 10.8 Å². The number of esters is 1. The number of carbonyl (C=O) groups excluding carboxylic acids is 1. The van der Waals surface area contributed by atoms with E-state index in [1.807, 2.05) is 13.0 Å². The summed E-state index contributed by atoms with van der Waals surface area (Å²) in [6.07, 6.45) is 2.60. The monoisotopic (exact) mass is 254 g/mol. The van der Waals surface area contributed by atoms with Crippen LogP contribution >= 0.6 is 0 Å². The van der Waals surface area contributed by atoms with Crippen molar-refractivity contribution in [3.05, 3.63) is 23.5 Å². The highest BCUT2D eigenvalue weighted by molar-refractivity contribution is 5.90. The predicted molar refractivity (Wildman–Crippen MR) is 63.2 cm³/mol. The third-order valence-electron chi connectivity index (χ3n) is 4.55. The molecule has 0 aromatic rings. The van der Waals surface area contributed by atoms with Gasteiger partial charge in [0.15, 0.2) is 0 Å². The van der Waals surface area contributed by atoms with Crippen molar-refractivity contribution in [3.63, 3.8) is 0 Å². The first-order valence-electron chi connectivity index (χ1n) is 5.84. The van der Waals surface area contributed by atoms with Crippen LogP contribution in [-0.2, 0) is 14.3 Å². The normalized spacial score (nSPS) is 38.4. The maximum atomic E-state index is 11.8. The summed E-state index contributed by atoms with van der Waals surface area (Å²) in [4.78, 5) is 11.8. The maximum absolute atomic E-state index is 11.8. The first kappa shape index (κ1) is 13.1. The molecule has 18 heavy (non-hydrogen) atoms. The van der Waals surface area contributed by atoms with Crippen molar-refractivity contribution in [3.8, 4) is 0 Å². The summed E-state index contributed by atoms with van der Waals surface area (Å²) in [7, 11) is 1.31. The molecular weight excluding hydrogens is 236 g/mol. The average molecular weight is 254 g/mol. The molecule has 0 spiro atoms. The van der Waals surface area contributed by atoms with Crippen molar-refractivity contribution in [1.29, 1.82) is 0 Å². The second-order valence-corrected chi connectivity index (χ2v) is 5.14. The van der Waals surface area contributed by atoms with E-state index in [2.05, 4.69) is 0 Å². The Morgan fingerprint density at radius 1 is 1.61 bits per heavy atom. The summed E-state index contributed by atoms with van der Waals surface area (Å²) in [6, 6.07) is 0. The Morgan fingerprint density at radius 3 is 2.83 bits per heavy atom. The summed E-state index contributed by atoms with van der Waals surface area (Å²) in [5, 5.41) is 19.5. The van der Waals surface area contributed by atoms with Gasteiger partial charge in [0.1, 0.15) is 0 Å². The minimum absolute atomic E-state index is 0.166. The van der Waals surface area contributed by atoms with Gasteiger partial charge in [-0.15, -0.1) is 0 Å². The van der Waals surface area contributed by atoms with Gasteiger partial charge in [0, 0.05) is 5.41 Å². The maximum Gasteiger partial charge on any atom is 0.337 e. The standard InChI is InChI=1S/C13H18O5/c1-12-5-4-8(6-14)13(12,2)11(16)18-7-9(12)10(15)17-3/h4,7,11,14,16H,5-6H2,1-3H3/t11-,12-,13+/m1/s1. The fourth-order valence-corrected chi connectivity index (χ4v) is 2.94. The van der Waals surface area contributed by atoms with Gasteiger partial charge in [0.05, 0.1) is 31.0 Å². The second-order valence-electron chi connectivity index (χ2n) is 5.14. The molecule has 0 radical (unpaired) electrons. The highest BCUT2D eigenvalue weighted by atomic mass is 16.6. The SMILES string of the molecule is COC(=O)C1=CO[C@@H](O)[C@]2(C)C(CO)=CC[C@]12C. The van der Waals surface area contributed by atoms with E-state index in [0.29, 0.717) is 17.6 Å². The Hall–Kier alpha value is -1.33. The lowest BCUT2D eigenvalue weighted by molar-refractivity contribution is -0.174. The average Bonchev–Trinajstić information content (AvgIpc) is 2.63. The van der Waals surface area contributed by atoms with Gasteiger partial charge in [-0.2, -0.15) is 0 Å². The number of hydrogen-bond acceptors (Lipinski definition) is 5. The first-order chi connectivity index (χ1) is 8.41. The summed E-state index contributed by atoms with van der Waals surface area (Å²) in [5.41, 5.74) is -0.375. The van der Waals surface area contributed by atoms with E-state index in [9.17, 15) is 15.0 Å². The van der Waals surface area contributed by atoms with Crippen LogP contribution in [0.15, 0.2) is 23.5 Å². The quantitative estimate of drug-likeness (QED) is 0.561. The van der Waals surface area contributed by atoms with Crippen LogP contribution in [0.1, 0.15) is 20.3 Å². The second kappa shape index (κ2) is 4.10. The number of rotatable bonds is 2. The number of fused-ring (bicyclic) bond motifs is 1. The number of aliphatic hydroxyl groups is 2. The lowest BCUT2D eigenvalue weighted by Crippen LogP contribution is -2.51. The minimum atomic E-state index is -1.09. The summed E-state index contributed by atoms with van der Waals surface area (Å²) >= 11 is 0. The molecule has 0 aromatic carbocycles. The number of methoxy groups -OCH3 is 1. The molecule has 100 valence electrons. The molecule has 0 aromatic heterocycles. The third-order valence-corrected chi connectivity index (χ3v) is 4.55. The molecule has 5 nitrogen and oxygen atoms in total. The Morgan fingerprint density at radius 2 is 2.28 bits per heavy atom.